The van der Waals surface area contributed by atoms with Gasteiger partial charge in [-0.3, -0.25) is 14.7 Å². The van der Waals surface area contributed by atoms with Gasteiger partial charge in [0.25, 0.3) is 5.56 Å². The minimum Gasteiger partial charge on any atom is -0.355 e. The Kier molecular flexibility index (Phi) is 5.89. The predicted molar refractivity (Wildman–Crippen MR) is 113 cm³/mol. The van der Waals surface area contributed by atoms with E-state index in [9.17, 15) is 14.0 Å². The van der Waals surface area contributed by atoms with Crippen LogP contribution in [0.1, 0.15) is 5.56 Å². The second kappa shape index (κ2) is 8.91. The van der Waals surface area contributed by atoms with Gasteiger partial charge >= 0.3 is 0 Å². The average Bonchev–Trinajstić information content (AvgIpc) is 3.13. The van der Waals surface area contributed by atoms with Crippen LogP contribution in [0.25, 0.3) is 17.0 Å². The number of fused-ring (bicyclic) bond motifs is 1. The highest BCUT2D eigenvalue weighted by Crippen LogP contribution is 2.23. The summed E-state index contributed by atoms with van der Waals surface area (Å²) in [6.45, 7) is 0.517. The molecule has 2 heterocycles. The molecule has 0 spiro atoms. The van der Waals surface area contributed by atoms with Crippen molar-refractivity contribution in [1.29, 1.82) is 0 Å². The van der Waals surface area contributed by atoms with E-state index in [0.29, 0.717) is 17.3 Å². The van der Waals surface area contributed by atoms with Gasteiger partial charge in [0.1, 0.15) is 5.82 Å². The van der Waals surface area contributed by atoms with Crippen LogP contribution in [0.3, 0.4) is 0 Å². The maximum atomic E-state index is 14.2. The fraction of sp³-hybridized carbons (Fsp3) is 0.143. The van der Waals surface area contributed by atoms with Crippen molar-refractivity contribution < 1.29 is 9.18 Å². The number of aromatic amines is 1. The van der Waals surface area contributed by atoms with Crippen LogP contribution in [0.2, 0.25) is 0 Å². The number of halogens is 1. The first-order valence-corrected chi connectivity index (χ1v) is 10.3. The lowest BCUT2D eigenvalue weighted by Gasteiger charge is -2.08. The van der Waals surface area contributed by atoms with E-state index < -0.39 is 5.82 Å². The van der Waals surface area contributed by atoms with Crippen LogP contribution in [-0.4, -0.2) is 37.8 Å². The van der Waals surface area contributed by atoms with E-state index in [4.69, 9.17) is 0 Å². The van der Waals surface area contributed by atoms with Crippen molar-refractivity contribution in [1.82, 2.24) is 24.9 Å². The van der Waals surface area contributed by atoms with E-state index in [2.05, 4.69) is 20.4 Å². The number of hydrogen-bond acceptors (Lipinski definition) is 5. The highest BCUT2D eigenvalue weighted by atomic mass is 32.2. The van der Waals surface area contributed by atoms with Crippen molar-refractivity contribution in [2.45, 2.75) is 11.6 Å². The number of thioether (sulfide) groups is 1. The van der Waals surface area contributed by atoms with E-state index in [1.165, 1.54) is 16.6 Å². The Morgan fingerprint density at radius 2 is 1.87 bits per heavy atom. The number of rotatable bonds is 7. The molecule has 4 rings (SSSR count). The first-order valence-electron chi connectivity index (χ1n) is 9.28. The van der Waals surface area contributed by atoms with Crippen molar-refractivity contribution in [3.8, 4) is 11.4 Å². The molecule has 0 aliphatic heterocycles. The SMILES string of the molecule is O=C(CSc1nc(-c2ccccc2F)nc2cc(=O)[nH]n12)NCCc1ccccc1. The van der Waals surface area contributed by atoms with Gasteiger partial charge in [-0.15, -0.1) is 0 Å². The molecule has 0 saturated heterocycles. The molecule has 0 radical (unpaired) electrons. The van der Waals surface area contributed by atoms with Gasteiger partial charge in [0.15, 0.2) is 16.6 Å². The normalized spacial score (nSPS) is 11.0. The first kappa shape index (κ1) is 19.8. The Hall–Kier alpha value is -3.46. The van der Waals surface area contributed by atoms with E-state index >= 15 is 0 Å². The molecule has 0 bridgehead atoms. The smallest absolute Gasteiger partial charge is 0.266 e. The molecule has 0 atom stereocenters. The number of nitrogens with one attached hydrogen (secondary N) is 2. The Balaban J connectivity index is 1.48. The molecule has 0 fully saturated rings. The molecule has 0 unspecified atom stereocenters. The van der Waals surface area contributed by atoms with Gasteiger partial charge in [-0.25, -0.2) is 18.9 Å². The Morgan fingerprint density at radius 3 is 2.67 bits per heavy atom. The fourth-order valence-corrected chi connectivity index (χ4v) is 3.70. The monoisotopic (exact) mass is 423 g/mol. The zero-order valence-corrected chi connectivity index (χ0v) is 16.7. The van der Waals surface area contributed by atoms with Gasteiger partial charge in [-0.1, -0.05) is 54.2 Å². The van der Waals surface area contributed by atoms with Crippen LogP contribution in [0.4, 0.5) is 4.39 Å². The molecule has 7 nitrogen and oxygen atoms in total. The lowest BCUT2D eigenvalue weighted by Crippen LogP contribution is -2.27. The second-order valence-corrected chi connectivity index (χ2v) is 7.44. The number of benzene rings is 2. The molecule has 2 aromatic heterocycles. The summed E-state index contributed by atoms with van der Waals surface area (Å²) < 4.78 is 15.6. The molecular formula is C21H18FN5O2S. The highest BCUT2D eigenvalue weighted by Gasteiger charge is 2.15. The summed E-state index contributed by atoms with van der Waals surface area (Å²) in [5, 5.41) is 5.81. The van der Waals surface area contributed by atoms with Crippen LogP contribution in [0.5, 0.6) is 0 Å². The highest BCUT2D eigenvalue weighted by molar-refractivity contribution is 7.99. The summed E-state index contributed by atoms with van der Waals surface area (Å²) in [4.78, 5) is 32.6. The van der Waals surface area contributed by atoms with Gasteiger partial charge in [-0.05, 0) is 24.1 Å². The Bertz CT molecular complexity index is 1240. The largest absolute Gasteiger partial charge is 0.355 e. The Labute approximate surface area is 175 Å². The van der Waals surface area contributed by atoms with Crippen LogP contribution in [0, 0.1) is 5.82 Å². The summed E-state index contributed by atoms with van der Waals surface area (Å²) in [6, 6.07) is 17.3. The van der Waals surface area contributed by atoms with Gasteiger partial charge < -0.3 is 5.32 Å². The van der Waals surface area contributed by atoms with Crippen molar-refractivity contribution in [2.75, 3.05) is 12.3 Å². The molecule has 30 heavy (non-hydrogen) atoms. The molecular weight excluding hydrogens is 405 g/mol. The number of carbonyl (C=O) groups is 1. The van der Waals surface area contributed by atoms with Crippen LogP contribution in [-0.2, 0) is 11.2 Å². The molecule has 2 N–H and O–H groups in total. The number of carbonyl (C=O) groups excluding carboxylic acids is 1. The maximum absolute atomic E-state index is 14.2. The van der Waals surface area contributed by atoms with Crippen molar-refractivity contribution >= 4 is 23.3 Å². The summed E-state index contributed by atoms with van der Waals surface area (Å²) in [5.74, 6) is -0.379. The number of hydrogen-bond donors (Lipinski definition) is 2. The van der Waals surface area contributed by atoms with Gasteiger partial charge in [0.05, 0.1) is 11.3 Å². The molecule has 0 saturated carbocycles. The molecule has 9 heteroatoms. The van der Waals surface area contributed by atoms with E-state index in [0.717, 1.165) is 23.7 Å². The third-order valence-corrected chi connectivity index (χ3v) is 5.29. The van der Waals surface area contributed by atoms with Crippen LogP contribution >= 0.6 is 11.8 Å². The summed E-state index contributed by atoms with van der Waals surface area (Å²) in [5.41, 5.74) is 1.31. The molecule has 152 valence electrons. The number of aromatic nitrogens is 4. The zero-order chi connectivity index (χ0) is 20.9. The number of H-pyrrole nitrogens is 1. The second-order valence-electron chi connectivity index (χ2n) is 6.50. The zero-order valence-electron chi connectivity index (χ0n) is 15.8. The minimum absolute atomic E-state index is 0.0951. The topological polar surface area (TPSA) is 92.2 Å². The third kappa shape index (κ3) is 4.57. The standard InChI is InChI=1S/C21H18FN5O2S/c22-16-9-5-4-8-15(16)20-24-17-12-18(28)26-27(17)21(25-20)30-13-19(29)23-11-10-14-6-2-1-3-7-14/h1-9,12H,10-11,13H2,(H,23,29)(H,26,28). The lowest BCUT2D eigenvalue weighted by molar-refractivity contribution is -0.118. The fourth-order valence-electron chi connectivity index (χ4n) is 2.92. The summed E-state index contributed by atoms with van der Waals surface area (Å²) in [7, 11) is 0. The average molecular weight is 423 g/mol. The van der Waals surface area contributed by atoms with Crippen molar-refractivity contribution in [3.63, 3.8) is 0 Å². The maximum Gasteiger partial charge on any atom is 0.266 e. The molecule has 0 aliphatic rings. The molecule has 1 amide bonds. The number of nitrogens with zero attached hydrogens (tertiary/aromatic N) is 3. The Morgan fingerprint density at radius 1 is 1.10 bits per heavy atom. The molecule has 4 aromatic rings. The van der Waals surface area contributed by atoms with E-state index in [-0.39, 0.29) is 28.6 Å². The molecule has 2 aromatic carbocycles. The van der Waals surface area contributed by atoms with Crippen molar-refractivity contribution in [2.24, 2.45) is 0 Å². The number of amides is 1. The summed E-state index contributed by atoms with van der Waals surface area (Å²) in [6.07, 6.45) is 0.733. The molecule has 0 aliphatic carbocycles. The third-order valence-electron chi connectivity index (χ3n) is 4.35. The predicted octanol–water partition coefficient (Wildman–Crippen LogP) is 2.67. The van der Waals surface area contributed by atoms with Gasteiger partial charge in [0.2, 0.25) is 5.91 Å². The van der Waals surface area contributed by atoms with Crippen molar-refractivity contribution in [3.05, 3.63) is 82.4 Å². The minimum atomic E-state index is -0.464. The quantitative estimate of drug-likeness (QED) is 0.446. The van der Waals surface area contributed by atoms with Gasteiger partial charge in [0, 0.05) is 12.6 Å². The van der Waals surface area contributed by atoms with E-state index in [1.807, 2.05) is 30.3 Å². The first-order chi connectivity index (χ1) is 14.6. The van der Waals surface area contributed by atoms with Gasteiger partial charge in [-0.2, -0.15) is 0 Å². The van der Waals surface area contributed by atoms with Crippen LogP contribution in [0.15, 0.2) is 70.6 Å². The lowest BCUT2D eigenvalue weighted by atomic mass is 10.1. The van der Waals surface area contributed by atoms with E-state index in [1.54, 1.807) is 18.2 Å². The summed E-state index contributed by atoms with van der Waals surface area (Å²) >= 11 is 1.14. The van der Waals surface area contributed by atoms with Crippen LogP contribution < -0.4 is 10.9 Å².